The summed E-state index contributed by atoms with van der Waals surface area (Å²) >= 11 is 0. The van der Waals surface area contributed by atoms with Crippen LogP contribution in [-0.4, -0.2) is 21.0 Å². The Morgan fingerprint density at radius 1 is 1.15 bits per heavy atom. The molecule has 1 aliphatic carbocycles. The van der Waals surface area contributed by atoms with Gasteiger partial charge in [-0.05, 0) is 43.0 Å². The smallest absolute Gasteiger partial charge is 0.240 e. The van der Waals surface area contributed by atoms with Gasteiger partial charge in [0, 0.05) is 18.3 Å². The van der Waals surface area contributed by atoms with Gasteiger partial charge in [0.1, 0.15) is 0 Å². The second-order valence-corrected chi connectivity index (χ2v) is 7.31. The lowest BCUT2D eigenvalue weighted by molar-refractivity contribution is 0.349. The van der Waals surface area contributed by atoms with Gasteiger partial charge in [-0.2, -0.15) is 0 Å². The third kappa shape index (κ3) is 3.73. The number of hydrogen-bond donors (Lipinski definition) is 2. The molecule has 0 heterocycles. The summed E-state index contributed by atoms with van der Waals surface area (Å²) in [5.41, 5.74) is 0.999. The molecule has 1 aliphatic rings. The molecule has 20 heavy (non-hydrogen) atoms. The van der Waals surface area contributed by atoms with Crippen molar-refractivity contribution >= 4 is 15.7 Å². The Morgan fingerprint density at radius 2 is 1.80 bits per heavy atom. The second-order valence-electron chi connectivity index (χ2n) is 5.54. The zero-order chi connectivity index (χ0) is 14.6. The van der Waals surface area contributed by atoms with E-state index in [4.69, 9.17) is 0 Å². The maximum Gasteiger partial charge on any atom is 0.240 e. The van der Waals surface area contributed by atoms with E-state index in [-0.39, 0.29) is 0 Å². The molecular weight excluding hydrogens is 272 g/mol. The highest BCUT2D eigenvalue weighted by Crippen LogP contribution is 2.27. The summed E-state index contributed by atoms with van der Waals surface area (Å²) in [7, 11) is -3.35. The molecule has 1 saturated carbocycles. The molecule has 1 fully saturated rings. The molecule has 1 aromatic rings. The molecule has 0 aliphatic heterocycles. The fourth-order valence-electron chi connectivity index (χ4n) is 2.75. The van der Waals surface area contributed by atoms with E-state index in [9.17, 15) is 8.42 Å². The number of benzene rings is 1. The fraction of sp³-hybridized carbons (Fsp3) is 0.600. The van der Waals surface area contributed by atoms with E-state index in [0.29, 0.717) is 23.4 Å². The van der Waals surface area contributed by atoms with E-state index in [1.807, 2.05) is 12.1 Å². The van der Waals surface area contributed by atoms with Gasteiger partial charge in [-0.25, -0.2) is 13.1 Å². The highest BCUT2D eigenvalue weighted by atomic mass is 32.2. The first-order valence-electron chi connectivity index (χ1n) is 7.39. The number of anilines is 1. The van der Waals surface area contributed by atoms with Gasteiger partial charge in [-0.15, -0.1) is 0 Å². The van der Waals surface area contributed by atoms with Crippen LogP contribution >= 0.6 is 0 Å². The van der Waals surface area contributed by atoms with Gasteiger partial charge >= 0.3 is 0 Å². The first-order valence-corrected chi connectivity index (χ1v) is 8.87. The maximum atomic E-state index is 11.9. The topological polar surface area (TPSA) is 58.2 Å². The average Bonchev–Trinajstić information content (AvgIpc) is 2.42. The lowest BCUT2D eigenvalue weighted by atomic mass is 9.86. The van der Waals surface area contributed by atoms with Crippen molar-refractivity contribution in [2.24, 2.45) is 5.92 Å². The maximum absolute atomic E-state index is 11.9. The van der Waals surface area contributed by atoms with E-state index in [2.05, 4.69) is 17.0 Å². The van der Waals surface area contributed by atoms with E-state index in [0.717, 1.165) is 5.69 Å². The number of nitrogens with one attached hydrogen (secondary N) is 2. The molecular formula is C15H24N2O2S. The van der Waals surface area contributed by atoms with Crippen molar-refractivity contribution < 1.29 is 8.42 Å². The van der Waals surface area contributed by atoms with Gasteiger partial charge in [0.25, 0.3) is 0 Å². The molecule has 1 aromatic carbocycles. The molecule has 112 valence electrons. The Hall–Kier alpha value is -1.07. The van der Waals surface area contributed by atoms with Crippen molar-refractivity contribution in [3.8, 4) is 0 Å². The van der Waals surface area contributed by atoms with Gasteiger partial charge < -0.3 is 5.32 Å². The van der Waals surface area contributed by atoms with Crippen molar-refractivity contribution in [2.75, 3.05) is 11.9 Å². The lowest BCUT2D eigenvalue weighted by Gasteiger charge is -2.30. The lowest BCUT2D eigenvalue weighted by Crippen LogP contribution is -2.30. The van der Waals surface area contributed by atoms with Crippen LogP contribution in [0.2, 0.25) is 0 Å². The molecule has 2 atom stereocenters. The molecule has 0 saturated heterocycles. The molecule has 0 amide bonds. The molecule has 0 spiro atoms. The fourth-order valence-corrected chi connectivity index (χ4v) is 3.79. The highest BCUT2D eigenvalue weighted by molar-refractivity contribution is 7.89. The summed E-state index contributed by atoms with van der Waals surface area (Å²) in [6, 6.07) is 7.53. The quantitative estimate of drug-likeness (QED) is 0.878. The van der Waals surface area contributed by atoms with Crippen LogP contribution in [0.15, 0.2) is 29.2 Å². The predicted octanol–water partition coefficient (Wildman–Crippen LogP) is 2.98. The van der Waals surface area contributed by atoms with Crippen LogP contribution in [0.1, 0.15) is 39.5 Å². The van der Waals surface area contributed by atoms with E-state index in [1.54, 1.807) is 19.1 Å². The summed E-state index contributed by atoms with van der Waals surface area (Å²) in [6.45, 7) is 4.46. The minimum Gasteiger partial charge on any atom is -0.382 e. The highest BCUT2D eigenvalue weighted by Gasteiger charge is 2.21. The van der Waals surface area contributed by atoms with Crippen LogP contribution in [-0.2, 0) is 10.0 Å². The van der Waals surface area contributed by atoms with Crippen LogP contribution in [0.5, 0.6) is 0 Å². The van der Waals surface area contributed by atoms with Crippen molar-refractivity contribution in [3.63, 3.8) is 0 Å². The van der Waals surface area contributed by atoms with Gasteiger partial charge in [-0.3, -0.25) is 0 Å². The zero-order valence-corrected chi connectivity index (χ0v) is 13.0. The monoisotopic (exact) mass is 296 g/mol. The molecule has 4 nitrogen and oxygen atoms in total. The third-order valence-corrected chi connectivity index (χ3v) is 5.52. The standard InChI is InChI=1S/C15H24N2O2S/c1-3-16-20(18,19)14-10-8-13(9-11-14)17-15-7-5-4-6-12(15)2/h8-12,15-17H,3-7H2,1-2H3. The van der Waals surface area contributed by atoms with Gasteiger partial charge in [0.15, 0.2) is 0 Å². The molecule has 0 bridgehead atoms. The number of sulfonamides is 1. The second kappa shape index (κ2) is 6.59. The summed E-state index contributed by atoms with van der Waals surface area (Å²) < 4.78 is 26.2. The van der Waals surface area contributed by atoms with Crippen molar-refractivity contribution in [1.29, 1.82) is 0 Å². The Labute approximate surface area is 122 Å². The van der Waals surface area contributed by atoms with Gasteiger partial charge in [0.05, 0.1) is 4.90 Å². The number of hydrogen-bond acceptors (Lipinski definition) is 3. The predicted molar refractivity (Wildman–Crippen MR) is 82.3 cm³/mol. The Bertz CT molecular complexity index is 525. The molecule has 5 heteroatoms. The summed E-state index contributed by atoms with van der Waals surface area (Å²) in [5, 5.41) is 3.53. The average molecular weight is 296 g/mol. The van der Waals surface area contributed by atoms with Crippen LogP contribution in [0.3, 0.4) is 0 Å². The summed E-state index contributed by atoms with van der Waals surface area (Å²) in [4.78, 5) is 0.321. The van der Waals surface area contributed by atoms with Crippen LogP contribution in [0, 0.1) is 5.92 Å². The van der Waals surface area contributed by atoms with Crippen molar-refractivity contribution in [3.05, 3.63) is 24.3 Å². The van der Waals surface area contributed by atoms with Gasteiger partial charge in [0.2, 0.25) is 10.0 Å². The molecule has 0 aromatic heterocycles. The van der Waals surface area contributed by atoms with E-state index < -0.39 is 10.0 Å². The SMILES string of the molecule is CCNS(=O)(=O)c1ccc(NC2CCCCC2C)cc1. The Balaban J connectivity index is 2.05. The minimum absolute atomic E-state index is 0.321. The molecule has 0 radical (unpaired) electrons. The molecule has 2 unspecified atom stereocenters. The van der Waals surface area contributed by atoms with Crippen molar-refractivity contribution in [2.45, 2.75) is 50.5 Å². The Kier molecular flexibility index (Phi) is 5.05. The largest absolute Gasteiger partial charge is 0.382 e. The number of rotatable bonds is 5. The molecule has 2 N–H and O–H groups in total. The zero-order valence-electron chi connectivity index (χ0n) is 12.2. The third-order valence-electron chi connectivity index (χ3n) is 3.96. The first-order chi connectivity index (χ1) is 9.53. The molecule has 2 rings (SSSR count). The normalized spacial score (nSPS) is 23.5. The Morgan fingerprint density at radius 3 is 2.40 bits per heavy atom. The van der Waals surface area contributed by atoms with Crippen LogP contribution < -0.4 is 10.0 Å². The van der Waals surface area contributed by atoms with Crippen LogP contribution in [0.25, 0.3) is 0 Å². The van der Waals surface area contributed by atoms with Crippen LogP contribution in [0.4, 0.5) is 5.69 Å². The first kappa shape index (κ1) is 15.3. The van der Waals surface area contributed by atoms with E-state index >= 15 is 0 Å². The van der Waals surface area contributed by atoms with E-state index in [1.165, 1.54) is 25.7 Å². The van der Waals surface area contributed by atoms with Gasteiger partial charge in [-0.1, -0.05) is 26.7 Å². The summed E-state index contributed by atoms with van der Waals surface area (Å²) in [5.74, 6) is 0.675. The minimum atomic E-state index is -3.35. The van der Waals surface area contributed by atoms with Crippen molar-refractivity contribution in [1.82, 2.24) is 4.72 Å². The summed E-state index contributed by atoms with van der Waals surface area (Å²) in [6.07, 6.45) is 5.05.